The number of carbonyl (C=O) groups excluding carboxylic acids is 2. The van der Waals surface area contributed by atoms with E-state index in [0.717, 1.165) is 34.1 Å². The van der Waals surface area contributed by atoms with Gasteiger partial charge in [0, 0.05) is 30.2 Å². The summed E-state index contributed by atoms with van der Waals surface area (Å²) in [7, 11) is 0. The highest BCUT2D eigenvalue weighted by molar-refractivity contribution is 8.03. The molecule has 2 aromatic rings. The minimum atomic E-state index is -0.610. The standard InChI is InChI=1S/C23H22N4O4S/c1-13-7-14(2)22(15(3)8-13)25-21(29)12-32-23-19(11-24)18(10-20(28)26-23)16-5-4-6-17(9-16)27(30)31/h4-9,18H,10,12H2,1-3H3,(H,25,29)(H,26,28). The molecule has 2 aromatic carbocycles. The Morgan fingerprint density at radius 3 is 2.59 bits per heavy atom. The number of nitrogens with one attached hydrogen (secondary N) is 2. The fourth-order valence-corrected chi connectivity index (χ4v) is 4.64. The van der Waals surface area contributed by atoms with E-state index >= 15 is 0 Å². The van der Waals surface area contributed by atoms with E-state index in [2.05, 4.69) is 16.7 Å². The van der Waals surface area contributed by atoms with Crippen molar-refractivity contribution >= 4 is 35.0 Å². The summed E-state index contributed by atoms with van der Waals surface area (Å²) < 4.78 is 0. The third kappa shape index (κ3) is 5.15. The average molecular weight is 451 g/mol. The van der Waals surface area contributed by atoms with Crippen LogP contribution in [0.5, 0.6) is 0 Å². The maximum absolute atomic E-state index is 12.6. The van der Waals surface area contributed by atoms with Crippen molar-refractivity contribution in [3.8, 4) is 6.07 Å². The van der Waals surface area contributed by atoms with Crippen LogP contribution in [0.2, 0.25) is 0 Å². The number of non-ortho nitro benzene ring substituents is 1. The number of carbonyl (C=O) groups is 2. The van der Waals surface area contributed by atoms with Crippen LogP contribution in [0.3, 0.4) is 0 Å². The smallest absolute Gasteiger partial charge is 0.269 e. The number of hydrogen-bond acceptors (Lipinski definition) is 6. The van der Waals surface area contributed by atoms with Gasteiger partial charge in [0.2, 0.25) is 11.8 Å². The van der Waals surface area contributed by atoms with Gasteiger partial charge in [-0.25, -0.2) is 0 Å². The highest BCUT2D eigenvalue weighted by Crippen LogP contribution is 2.37. The predicted octanol–water partition coefficient (Wildman–Crippen LogP) is 4.23. The summed E-state index contributed by atoms with van der Waals surface area (Å²) >= 11 is 1.06. The lowest BCUT2D eigenvalue weighted by Gasteiger charge is -2.25. The van der Waals surface area contributed by atoms with Crippen LogP contribution >= 0.6 is 11.8 Å². The molecule has 0 spiro atoms. The van der Waals surface area contributed by atoms with E-state index in [1.165, 1.54) is 18.2 Å². The lowest BCUT2D eigenvalue weighted by atomic mass is 9.87. The van der Waals surface area contributed by atoms with Crippen LogP contribution in [0.1, 0.15) is 34.6 Å². The lowest BCUT2D eigenvalue weighted by Crippen LogP contribution is -2.31. The van der Waals surface area contributed by atoms with E-state index in [1.54, 1.807) is 6.07 Å². The molecule has 9 heteroatoms. The molecule has 164 valence electrons. The number of rotatable bonds is 6. The van der Waals surface area contributed by atoms with Crippen molar-refractivity contribution < 1.29 is 14.5 Å². The number of benzene rings is 2. The molecular weight excluding hydrogens is 428 g/mol. The van der Waals surface area contributed by atoms with Gasteiger partial charge in [0.05, 0.1) is 27.3 Å². The number of thioether (sulfide) groups is 1. The summed E-state index contributed by atoms with van der Waals surface area (Å²) in [5.41, 5.74) is 4.45. The number of nitrogens with zero attached hydrogens (tertiary/aromatic N) is 2. The number of nitriles is 1. The molecule has 0 aliphatic carbocycles. The van der Waals surface area contributed by atoms with E-state index in [9.17, 15) is 25.0 Å². The van der Waals surface area contributed by atoms with Crippen molar-refractivity contribution in [3.63, 3.8) is 0 Å². The van der Waals surface area contributed by atoms with E-state index in [0.29, 0.717) is 10.6 Å². The maximum Gasteiger partial charge on any atom is 0.269 e. The number of nitro benzene ring substituents is 1. The molecule has 8 nitrogen and oxygen atoms in total. The molecular formula is C23H22N4O4S. The first-order valence-electron chi connectivity index (χ1n) is 9.88. The highest BCUT2D eigenvalue weighted by Gasteiger charge is 2.30. The zero-order chi connectivity index (χ0) is 23.4. The Morgan fingerprint density at radius 1 is 1.28 bits per heavy atom. The van der Waals surface area contributed by atoms with Crippen molar-refractivity contribution in [1.29, 1.82) is 5.26 Å². The van der Waals surface area contributed by atoms with Crippen molar-refractivity contribution in [2.75, 3.05) is 11.1 Å². The summed E-state index contributed by atoms with van der Waals surface area (Å²) in [5.74, 6) is -1.19. The van der Waals surface area contributed by atoms with E-state index in [1.807, 2.05) is 32.9 Å². The second-order valence-corrected chi connectivity index (χ2v) is 8.61. The van der Waals surface area contributed by atoms with E-state index in [4.69, 9.17) is 0 Å². The van der Waals surface area contributed by atoms with Gasteiger partial charge in [-0.1, -0.05) is 41.6 Å². The molecule has 1 unspecified atom stereocenters. The third-order valence-electron chi connectivity index (χ3n) is 5.13. The summed E-state index contributed by atoms with van der Waals surface area (Å²) in [5, 5.41) is 26.7. The number of hydrogen-bond donors (Lipinski definition) is 2. The monoisotopic (exact) mass is 450 g/mol. The SMILES string of the molecule is Cc1cc(C)c(NC(=O)CSC2=C(C#N)C(c3cccc([N+](=O)[O-])c3)CC(=O)N2)c(C)c1. The molecule has 0 fully saturated rings. The van der Waals surface area contributed by atoms with Gasteiger partial charge in [-0.3, -0.25) is 19.7 Å². The first-order chi connectivity index (χ1) is 15.2. The number of anilines is 1. The minimum absolute atomic E-state index is 0.00206. The molecule has 0 radical (unpaired) electrons. The fraction of sp³-hybridized carbons (Fsp3) is 0.261. The second-order valence-electron chi connectivity index (χ2n) is 7.62. The van der Waals surface area contributed by atoms with Crippen LogP contribution in [0, 0.1) is 42.2 Å². The molecule has 0 bridgehead atoms. The Morgan fingerprint density at radius 2 is 1.97 bits per heavy atom. The molecule has 1 aliphatic heterocycles. The van der Waals surface area contributed by atoms with Gasteiger partial charge in [0.15, 0.2) is 0 Å². The van der Waals surface area contributed by atoms with Crippen molar-refractivity contribution in [3.05, 3.63) is 79.4 Å². The van der Waals surface area contributed by atoms with E-state index in [-0.39, 0.29) is 35.2 Å². The van der Waals surface area contributed by atoms with Crippen molar-refractivity contribution in [2.45, 2.75) is 33.1 Å². The van der Waals surface area contributed by atoms with Gasteiger partial charge in [0.1, 0.15) is 0 Å². The zero-order valence-corrected chi connectivity index (χ0v) is 18.7. The lowest BCUT2D eigenvalue weighted by molar-refractivity contribution is -0.384. The summed E-state index contributed by atoms with van der Waals surface area (Å²) in [6.07, 6.45) is 0.00206. The van der Waals surface area contributed by atoms with Crippen LogP contribution < -0.4 is 10.6 Å². The Kier molecular flexibility index (Phi) is 6.95. The van der Waals surface area contributed by atoms with Crippen LogP contribution in [0.4, 0.5) is 11.4 Å². The fourth-order valence-electron chi connectivity index (χ4n) is 3.76. The van der Waals surface area contributed by atoms with Crippen molar-refractivity contribution in [2.24, 2.45) is 0 Å². The van der Waals surface area contributed by atoms with Crippen molar-refractivity contribution in [1.82, 2.24) is 5.32 Å². The average Bonchev–Trinajstić information content (AvgIpc) is 2.74. The molecule has 1 atom stereocenters. The first kappa shape index (κ1) is 23.0. The molecule has 2 N–H and O–H groups in total. The Balaban J connectivity index is 1.81. The quantitative estimate of drug-likeness (QED) is 0.501. The molecule has 0 saturated carbocycles. The van der Waals surface area contributed by atoms with Crippen LogP contribution in [-0.4, -0.2) is 22.5 Å². The summed E-state index contributed by atoms with van der Waals surface area (Å²) in [6.45, 7) is 5.83. The van der Waals surface area contributed by atoms with Crippen LogP contribution in [-0.2, 0) is 9.59 Å². The first-order valence-corrected chi connectivity index (χ1v) is 10.9. The molecule has 1 heterocycles. The Hall–Kier alpha value is -3.64. The minimum Gasteiger partial charge on any atom is -0.325 e. The normalized spacial score (nSPS) is 15.7. The summed E-state index contributed by atoms with van der Waals surface area (Å²) in [6, 6.07) is 12.0. The number of nitro groups is 1. The van der Waals surface area contributed by atoms with Gasteiger partial charge in [-0.15, -0.1) is 0 Å². The largest absolute Gasteiger partial charge is 0.325 e. The molecule has 1 aliphatic rings. The molecule has 32 heavy (non-hydrogen) atoms. The second kappa shape index (κ2) is 9.66. The third-order valence-corrected chi connectivity index (χ3v) is 6.15. The molecule has 3 rings (SSSR count). The topological polar surface area (TPSA) is 125 Å². The highest BCUT2D eigenvalue weighted by atomic mass is 32.2. The Labute approximate surface area is 189 Å². The van der Waals surface area contributed by atoms with Gasteiger partial charge >= 0.3 is 0 Å². The van der Waals surface area contributed by atoms with Gasteiger partial charge in [-0.05, 0) is 37.5 Å². The molecule has 0 aromatic heterocycles. The van der Waals surface area contributed by atoms with Gasteiger partial charge in [-0.2, -0.15) is 5.26 Å². The zero-order valence-electron chi connectivity index (χ0n) is 17.9. The number of allylic oxidation sites excluding steroid dienone is 1. The van der Waals surface area contributed by atoms with Gasteiger partial charge < -0.3 is 10.6 Å². The number of amides is 2. The van der Waals surface area contributed by atoms with Gasteiger partial charge in [0.25, 0.3) is 5.69 Å². The molecule has 0 saturated heterocycles. The Bertz CT molecular complexity index is 1160. The maximum atomic E-state index is 12.6. The molecule has 2 amide bonds. The summed E-state index contributed by atoms with van der Waals surface area (Å²) in [4.78, 5) is 35.5. The van der Waals surface area contributed by atoms with E-state index < -0.39 is 10.8 Å². The van der Waals surface area contributed by atoms with Crippen LogP contribution in [0.15, 0.2) is 47.0 Å². The van der Waals surface area contributed by atoms with Crippen LogP contribution in [0.25, 0.3) is 0 Å². The number of aryl methyl sites for hydroxylation is 3. The predicted molar refractivity (Wildman–Crippen MR) is 123 cm³/mol.